The molecule has 0 spiro atoms. The minimum atomic E-state index is -0.610. The maximum Gasteiger partial charge on any atom is 0.149 e. The van der Waals surface area contributed by atoms with E-state index in [9.17, 15) is 8.78 Å². The maximum absolute atomic E-state index is 13.2. The molecule has 1 rings (SSSR count). The first kappa shape index (κ1) is 12.0. The normalized spacial score (nSPS) is 9.73. The van der Waals surface area contributed by atoms with Crippen LogP contribution in [-0.2, 0) is 0 Å². The molecule has 1 aromatic rings. The van der Waals surface area contributed by atoms with Gasteiger partial charge < -0.3 is 5.32 Å². The molecule has 0 aliphatic rings. The highest BCUT2D eigenvalue weighted by Crippen LogP contribution is 2.23. The second-order valence-electron chi connectivity index (χ2n) is 2.98. The minimum Gasteiger partial charge on any atom is -0.383 e. The molecule has 0 saturated carbocycles. The van der Waals surface area contributed by atoms with Gasteiger partial charge in [-0.1, -0.05) is 0 Å². The molecule has 1 nitrogen and oxygen atoms in total. The second kappa shape index (κ2) is 5.72. The van der Waals surface area contributed by atoms with Gasteiger partial charge in [-0.25, -0.2) is 8.78 Å². The summed E-state index contributed by atoms with van der Waals surface area (Å²) in [4.78, 5) is 0. The first-order chi connectivity index (χ1) is 7.15. The van der Waals surface area contributed by atoms with E-state index in [1.165, 1.54) is 6.07 Å². The Balaban J connectivity index is 2.62. The third kappa shape index (κ3) is 3.52. The Labute approximate surface area is 96.0 Å². The molecule has 15 heavy (non-hydrogen) atoms. The summed E-state index contributed by atoms with van der Waals surface area (Å²) in [6, 6.07) is 2.22. The van der Waals surface area contributed by atoms with Crippen molar-refractivity contribution in [2.45, 2.75) is 12.8 Å². The van der Waals surface area contributed by atoms with E-state index in [0.717, 1.165) is 12.5 Å². The Morgan fingerprint density at radius 2 is 2.07 bits per heavy atom. The van der Waals surface area contributed by atoms with Gasteiger partial charge in [-0.3, -0.25) is 0 Å². The average molecular weight is 274 g/mol. The largest absolute Gasteiger partial charge is 0.383 e. The van der Waals surface area contributed by atoms with Crippen LogP contribution >= 0.6 is 15.9 Å². The molecule has 0 amide bonds. The summed E-state index contributed by atoms with van der Waals surface area (Å²) in [5, 5.41) is 2.85. The van der Waals surface area contributed by atoms with Crippen LogP contribution in [0.15, 0.2) is 16.6 Å². The lowest BCUT2D eigenvalue weighted by Crippen LogP contribution is -2.03. The first-order valence-electron chi connectivity index (χ1n) is 4.47. The van der Waals surface area contributed by atoms with Crippen LogP contribution in [0.2, 0.25) is 0 Å². The second-order valence-corrected chi connectivity index (χ2v) is 3.83. The van der Waals surface area contributed by atoms with Crippen molar-refractivity contribution in [3.05, 3.63) is 28.2 Å². The zero-order chi connectivity index (χ0) is 11.3. The van der Waals surface area contributed by atoms with Gasteiger partial charge in [0.15, 0.2) is 0 Å². The summed E-state index contributed by atoms with van der Waals surface area (Å²) < 4.78 is 26.3. The Bertz CT molecular complexity index is 385. The third-order valence-corrected chi connectivity index (χ3v) is 2.43. The van der Waals surface area contributed by atoms with Gasteiger partial charge >= 0.3 is 0 Å². The van der Waals surface area contributed by atoms with Gasteiger partial charge in [0.05, 0.1) is 10.2 Å². The van der Waals surface area contributed by atoms with Gasteiger partial charge in [-0.05, 0) is 28.4 Å². The lowest BCUT2D eigenvalue weighted by atomic mass is 10.2. The van der Waals surface area contributed by atoms with Gasteiger partial charge in [-0.15, -0.1) is 12.3 Å². The van der Waals surface area contributed by atoms with Crippen molar-refractivity contribution in [2.24, 2.45) is 0 Å². The predicted octanol–water partition coefficient (Wildman–Crippen LogP) is 3.55. The molecule has 0 atom stereocenters. The van der Waals surface area contributed by atoms with E-state index in [2.05, 4.69) is 27.2 Å². The predicted molar refractivity (Wildman–Crippen MR) is 60.6 cm³/mol. The maximum atomic E-state index is 13.2. The zero-order valence-corrected chi connectivity index (χ0v) is 9.57. The van der Waals surface area contributed by atoms with Crippen molar-refractivity contribution in [1.29, 1.82) is 0 Å². The molecule has 1 aromatic carbocycles. The van der Waals surface area contributed by atoms with E-state index < -0.39 is 11.6 Å². The van der Waals surface area contributed by atoms with Crippen molar-refractivity contribution < 1.29 is 8.78 Å². The molecule has 0 fully saturated rings. The van der Waals surface area contributed by atoms with Crippen LogP contribution in [0.5, 0.6) is 0 Å². The van der Waals surface area contributed by atoms with Gasteiger partial charge in [0.1, 0.15) is 11.6 Å². The molecule has 80 valence electrons. The monoisotopic (exact) mass is 273 g/mol. The molecular formula is C11H10BrF2N. The van der Waals surface area contributed by atoms with Crippen LogP contribution < -0.4 is 5.32 Å². The summed E-state index contributed by atoms with van der Waals surface area (Å²) in [6.45, 7) is 0.569. The quantitative estimate of drug-likeness (QED) is 0.503. The van der Waals surface area contributed by atoms with Crippen molar-refractivity contribution >= 4 is 21.6 Å². The van der Waals surface area contributed by atoms with Gasteiger partial charge in [-0.2, -0.15) is 0 Å². The molecule has 0 aliphatic carbocycles. The van der Waals surface area contributed by atoms with Crippen LogP contribution in [-0.4, -0.2) is 6.54 Å². The van der Waals surface area contributed by atoms with E-state index in [4.69, 9.17) is 6.42 Å². The Morgan fingerprint density at radius 1 is 1.33 bits per heavy atom. The molecule has 0 radical (unpaired) electrons. The molecule has 0 saturated heterocycles. The van der Waals surface area contributed by atoms with Crippen molar-refractivity contribution in [3.63, 3.8) is 0 Å². The van der Waals surface area contributed by atoms with Gasteiger partial charge in [0, 0.05) is 19.0 Å². The number of hydrogen-bond acceptors (Lipinski definition) is 1. The molecule has 0 bridgehead atoms. The Kier molecular flexibility index (Phi) is 4.57. The van der Waals surface area contributed by atoms with E-state index in [0.29, 0.717) is 13.0 Å². The number of benzene rings is 1. The average Bonchev–Trinajstić information content (AvgIpc) is 2.20. The highest BCUT2D eigenvalue weighted by Gasteiger charge is 2.07. The van der Waals surface area contributed by atoms with Gasteiger partial charge in [0.2, 0.25) is 0 Å². The molecule has 0 unspecified atom stereocenters. The number of unbranched alkanes of at least 4 members (excludes halogenated alkanes) is 1. The number of anilines is 1. The van der Waals surface area contributed by atoms with Crippen LogP contribution in [0, 0.1) is 24.0 Å². The van der Waals surface area contributed by atoms with Crippen molar-refractivity contribution in [3.8, 4) is 12.3 Å². The highest BCUT2D eigenvalue weighted by atomic mass is 79.9. The van der Waals surface area contributed by atoms with E-state index >= 15 is 0 Å². The molecule has 1 N–H and O–H groups in total. The smallest absolute Gasteiger partial charge is 0.149 e. The van der Waals surface area contributed by atoms with E-state index in [-0.39, 0.29) is 10.2 Å². The number of nitrogens with one attached hydrogen (secondary N) is 1. The fourth-order valence-corrected chi connectivity index (χ4v) is 1.41. The van der Waals surface area contributed by atoms with Crippen LogP contribution in [0.3, 0.4) is 0 Å². The van der Waals surface area contributed by atoms with E-state index in [1.54, 1.807) is 0 Å². The van der Waals surface area contributed by atoms with E-state index in [1.807, 2.05) is 0 Å². The topological polar surface area (TPSA) is 12.0 Å². The SMILES string of the molecule is C#CCCCNc1cc(Br)c(F)cc1F. The lowest BCUT2D eigenvalue weighted by molar-refractivity contribution is 0.580. The third-order valence-electron chi connectivity index (χ3n) is 1.82. The molecule has 4 heteroatoms. The van der Waals surface area contributed by atoms with Crippen LogP contribution in [0.25, 0.3) is 0 Å². The fraction of sp³-hybridized carbons (Fsp3) is 0.273. The number of rotatable bonds is 4. The fourth-order valence-electron chi connectivity index (χ4n) is 1.07. The number of hydrogen-bond donors (Lipinski definition) is 1. The summed E-state index contributed by atoms with van der Waals surface area (Å²) >= 11 is 2.99. The molecule has 0 aliphatic heterocycles. The van der Waals surface area contributed by atoms with Crippen molar-refractivity contribution in [1.82, 2.24) is 0 Å². The van der Waals surface area contributed by atoms with Crippen LogP contribution in [0.1, 0.15) is 12.8 Å². The number of halogens is 3. The number of terminal acetylenes is 1. The lowest BCUT2D eigenvalue weighted by Gasteiger charge is -2.07. The molecule has 0 heterocycles. The summed E-state index contributed by atoms with van der Waals surface area (Å²) in [7, 11) is 0. The van der Waals surface area contributed by atoms with Crippen LogP contribution in [0.4, 0.5) is 14.5 Å². The zero-order valence-electron chi connectivity index (χ0n) is 7.99. The summed E-state index contributed by atoms with van der Waals surface area (Å²) in [5.74, 6) is 1.28. The molecular weight excluding hydrogens is 264 g/mol. The Morgan fingerprint density at radius 3 is 2.73 bits per heavy atom. The standard InChI is InChI=1S/C11H10BrF2N/c1-2-3-4-5-15-11-6-8(12)9(13)7-10(11)14/h1,6-7,15H,3-5H2. The summed E-state index contributed by atoms with van der Waals surface area (Å²) in [6.07, 6.45) is 6.46. The first-order valence-corrected chi connectivity index (χ1v) is 5.26. The molecule has 0 aromatic heterocycles. The Hall–Kier alpha value is -1.08. The highest BCUT2D eigenvalue weighted by molar-refractivity contribution is 9.10. The van der Waals surface area contributed by atoms with Crippen molar-refractivity contribution in [2.75, 3.05) is 11.9 Å². The van der Waals surface area contributed by atoms with Gasteiger partial charge in [0.25, 0.3) is 0 Å². The minimum absolute atomic E-state index is 0.239. The summed E-state index contributed by atoms with van der Waals surface area (Å²) in [5.41, 5.74) is 0.278.